The van der Waals surface area contributed by atoms with Crippen LogP contribution in [0.2, 0.25) is 0 Å². The summed E-state index contributed by atoms with van der Waals surface area (Å²) in [4.78, 5) is 15.2. The van der Waals surface area contributed by atoms with Gasteiger partial charge in [-0.3, -0.25) is 4.79 Å². The number of fused-ring (bicyclic) bond motifs is 2. The minimum absolute atomic E-state index is 0. The second-order valence-electron chi connectivity index (χ2n) is 6.84. The Bertz CT molecular complexity index is 548. The van der Waals surface area contributed by atoms with Gasteiger partial charge in [-0.1, -0.05) is 12.1 Å². The SMILES string of the molecule is Cl.O=C(c1ccccc1OCC1CC1)N1C2CCNCC1CC2. The Kier molecular flexibility index (Phi) is 5.12. The van der Waals surface area contributed by atoms with E-state index in [2.05, 4.69) is 10.2 Å². The molecule has 1 aromatic rings. The van der Waals surface area contributed by atoms with E-state index in [0.29, 0.717) is 18.0 Å². The summed E-state index contributed by atoms with van der Waals surface area (Å²) in [6.45, 7) is 2.69. The molecule has 0 radical (unpaired) electrons. The molecule has 2 heterocycles. The van der Waals surface area contributed by atoms with E-state index in [1.165, 1.54) is 12.8 Å². The summed E-state index contributed by atoms with van der Waals surface area (Å²) >= 11 is 0. The van der Waals surface area contributed by atoms with Crippen LogP contribution in [0.5, 0.6) is 5.75 Å². The van der Waals surface area contributed by atoms with Crippen molar-refractivity contribution in [2.75, 3.05) is 19.7 Å². The van der Waals surface area contributed by atoms with Crippen LogP contribution in [-0.4, -0.2) is 42.6 Å². The van der Waals surface area contributed by atoms with Gasteiger partial charge in [0, 0.05) is 18.6 Å². The molecule has 5 heteroatoms. The number of amides is 1. The van der Waals surface area contributed by atoms with Gasteiger partial charge in [0.2, 0.25) is 0 Å². The Balaban J connectivity index is 0.00000156. The molecule has 2 atom stereocenters. The van der Waals surface area contributed by atoms with E-state index in [-0.39, 0.29) is 18.3 Å². The molecule has 3 aliphatic rings. The lowest BCUT2D eigenvalue weighted by Crippen LogP contribution is -2.42. The molecule has 0 aromatic heterocycles. The number of para-hydroxylation sites is 1. The molecule has 2 saturated heterocycles. The molecular weight excluding hydrogens is 312 g/mol. The van der Waals surface area contributed by atoms with Crippen molar-refractivity contribution in [1.82, 2.24) is 10.2 Å². The Morgan fingerprint density at radius 3 is 2.74 bits per heavy atom. The van der Waals surface area contributed by atoms with Gasteiger partial charge in [0.15, 0.2) is 0 Å². The average Bonchev–Trinajstić information content (AvgIpc) is 3.29. The van der Waals surface area contributed by atoms with E-state index in [1.807, 2.05) is 24.3 Å². The fraction of sp³-hybridized carbons (Fsp3) is 0.611. The molecule has 1 saturated carbocycles. The summed E-state index contributed by atoms with van der Waals surface area (Å²) in [5.74, 6) is 1.61. The first-order chi connectivity index (χ1) is 10.8. The molecule has 4 rings (SSSR count). The van der Waals surface area contributed by atoms with Gasteiger partial charge in [-0.15, -0.1) is 12.4 Å². The smallest absolute Gasteiger partial charge is 0.258 e. The van der Waals surface area contributed by atoms with Crippen LogP contribution in [0.3, 0.4) is 0 Å². The van der Waals surface area contributed by atoms with Crippen LogP contribution >= 0.6 is 12.4 Å². The molecule has 1 N–H and O–H groups in total. The zero-order valence-electron chi connectivity index (χ0n) is 13.4. The summed E-state index contributed by atoms with van der Waals surface area (Å²) < 4.78 is 5.93. The summed E-state index contributed by atoms with van der Waals surface area (Å²) in [5.41, 5.74) is 0.738. The third-order valence-corrected chi connectivity index (χ3v) is 5.18. The maximum Gasteiger partial charge on any atom is 0.258 e. The van der Waals surface area contributed by atoms with Crippen molar-refractivity contribution in [3.8, 4) is 5.75 Å². The maximum atomic E-state index is 13.1. The molecular formula is C18H25ClN2O2. The molecule has 4 nitrogen and oxygen atoms in total. The van der Waals surface area contributed by atoms with E-state index < -0.39 is 0 Å². The first kappa shape index (κ1) is 16.6. The zero-order chi connectivity index (χ0) is 14.9. The van der Waals surface area contributed by atoms with E-state index in [9.17, 15) is 4.79 Å². The highest BCUT2D eigenvalue weighted by Crippen LogP contribution is 2.33. The molecule has 0 spiro atoms. The van der Waals surface area contributed by atoms with Crippen molar-refractivity contribution in [2.45, 2.75) is 44.2 Å². The van der Waals surface area contributed by atoms with Crippen LogP contribution in [0.1, 0.15) is 42.5 Å². The van der Waals surface area contributed by atoms with Gasteiger partial charge < -0.3 is 15.0 Å². The van der Waals surface area contributed by atoms with Gasteiger partial charge >= 0.3 is 0 Å². The lowest BCUT2D eigenvalue weighted by Gasteiger charge is -2.28. The van der Waals surface area contributed by atoms with Crippen molar-refractivity contribution in [3.05, 3.63) is 29.8 Å². The van der Waals surface area contributed by atoms with E-state index in [4.69, 9.17) is 4.74 Å². The van der Waals surface area contributed by atoms with Crippen LogP contribution < -0.4 is 10.1 Å². The molecule has 1 aromatic carbocycles. The number of ether oxygens (including phenoxy) is 1. The Morgan fingerprint density at radius 1 is 1.13 bits per heavy atom. The summed E-state index contributed by atoms with van der Waals surface area (Å²) in [6, 6.07) is 8.49. The highest BCUT2D eigenvalue weighted by molar-refractivity contribution is 5.97. The number of nitrogens with one attached hydrogen (secondary N) is 1. The molecule has 2 unspecified atom stereocenters. The topological polar surface area (TPSA) is 41.6 Å². The van der Waals surface area contributed by atoms with Gasteiger partial charge in [-0.05, 0) is 56.7 Å². The van der Waals surface area contributed by atoms with Crippen molar-refractivity contribution in [2.24, 2.45) is 5.92 Å². The Morgan fingerprint density at radius 2 is 1.91 bits per heavy atom. The molecule has 126 valence electrons. The lowest BCUT2D eigenvalue weighted by atomic mass is 10.1. The maximum absolute atomic E-state index is 13.1. The Labute approximate surface area is 144 Å². The normalized spacial score (nSPS) is 26.3. The number of carbonyl (C=O) groups excluding carboxylic acids is 1. The second-order valence-corrected chi connectivity index (χ2v) is 6.84. The summed E-state index contributed by atoms with van der Waals surface area (Å²) in [7, 11) is 0. The van der Waals surface area contributed by atoms with Gasteiger partial charge in [-0.2, -0.15) is 0 Å². The third-order valence-electron chi connectivity index (χ3n) is 5.18. The lowest BCUT2D eigenvalue weighted by molar-refractivity contribution is 0.0675. The average molecular weight is 337 g/mol. The van der Waals surface area contributed by atoms with Crippen molar-refractivity contribution in [3.63, 3.8) is 0 Å². The number of nitrogens with zero attached hydrogens (tertiary/aromatic N) is 1. The minimum Gasteiger partial charge on any atom is -0.492 e. The summed E-state index contributed by atoms with van der Waals surface area (Å²) in [5, 5.41) is 3.45. The van der Waals surface area contributed by atoms with Crippen LogP contribution in [0, 0.1) is 5.92 Å². The fourth-order valence-electron chi connectivity index (χ4n) is 3.71. The molecule has 1 aliphatic carbocycles. The van der Waals surface area contributed by atoms with E-state index in [0.717, 1.165) is 50.3 Å². The molecule has 3 fully saturated rings. The number of carbonyl (C=O) groups is 1. The summed E-state index contributed by atoms with van der Waals surface area (Å²) in [6.07, 6.45) is 5.85. The van der Waals surface area contributed by atoms with Crippen LogP contribution in [0.4, 0.5) is 0 Å². The number of hydrogen-bond acceptors (Lipinski definition) is 3. The number of halogens is 1. The first-order valence-electron chi connectivity index (χ1n) is 8.58. The highest BCUT2D eigenvalue weighted by Gasteiger charge is 2.39. The molecule has 1 amide bonds. The van der Waals surface area contributed by atoms with Gasteiger partial charge in [0.25, 0.3) is 5.91 Å². The van der Waals surface area contributed by atoms with E-state index in [1.54, 1.807) is 0 Å². The standard InChI is InChI=1S/C18H24N2O2.ClH/c21-18(20-14-7-8-15(20)11-19-10-9-14)16-3-1-2-4-17(16)22-12-13-5-6-13;/h1-4,13-15,19H,5-12H2;1H. The second kappa shape index (κ2) is 7.10. The largest absolute Gasteiger partial charge is 0.492 e. The molecule has 2 bridgehead atoms. The van der Waals surface area contributed by atoms with Crippen LogP contribution in [0.15, 0.2) is 24.3 Å². The molecule has 2 aliphatic heterocycles. The predicted octanol–water partition coefficient (Wildman–Crippen LogP) is 2.86. The number of benzene rings is 1. The van der Waals surface area contributed by atoms with Gasteiger partial charge in [0.1, 0.15) is 5.75 Å². The monoisotopic (exact) mass is 336 g/mol. The Hall–Kier alpha value is -1.26. The predicted molar refractivity (Wildman–Crippen MR) is 92.4 cm³/mol. The molecule has 23 heavy (non-hydrogen) atoms. The van der Waals surface area contributed by atoms with E-state index >= 15 is 0 Å². The number of rotatable bonds is 4. The van der Waals surface area contributed by atoms with Gasteiger partial charge in [0.05, 0.1) is 12.2 Å². The quantitative estimate of drug-likeness (QED) is 0.919. The van der Waals surface area contributed by atoms with Crippen LogP contribution in [0.25, 0.3) is 0 Å². The van der Waals surface area contributed by atoms with Crippen molar-refractivity contribution < 1.29 is 9.53 Å². The number of hydrogen-bond donors (Lipinski definition) is 1. The fourth-order valence-corrected chi connectivity index (χ4v) is 3.71. The highest BCUT2D eigenvalue weighted by atomic mass is 35.5. The minimum atomic E-state index is 0. The van der Waals surface area contributed by atoms with Crippen molar-refractivity contribution >= 4 is 18.3 Å². The zero-order valence-corrected chi connectivity index (χ0v) is 14.2. The first-order valence-corrected chi connectivity index (χ1v) is 8.58. The van der Waals surface area contributed by atoms with Crippen molar-refractivity contribution in [1.29, 1.82) is 0 Å². The van der Waals surface area contributed by atoms with Gasteiger partial charge in [-0.25, -0.2) is 0 Å². The van der Waals surface area contributed by atoms with Crippen LogP contribution in [-0.2, 0) is 0 Å². The third kappa shape index (κ3) is 3.48.